The van der Waals surface area contributed by atoms with E-state index in [9.17, 15) is 9.90 Å². The summed E-state index contributed by atoms with van der Waals surface area (Å²) in [5.41, 5.74) is 4.88. The molecule has 4 nitrogen and oxygen atoms in total. The molecule has 4 rings (SSSR count). The van der Waals surface area contributed by atoms with Gasteiger partial charge in [-0.05, 0) is 74.0 Å². The summed E-state index contributed by atoms with van der Waals surface area (Å²) in [6.45, 7) is 3.92. The van der Waals surface area contributed by atoms with Crippen LogP contribution in [0.3, 0.4) is 0 Å². The van der Waals surface area contributed by atoms with Gasteiger partial charge in [0, 0.05) is 37.6 Å². The van der Waals surface area contributed by atoms with E-state index in [1.165, 1.54) is 0 Å². The lowest BCUT2D eigenvalue weighted by atomic mass is 10.1. The number of nitrogens with zero attached hydrogens (tertiary/aromatic N) is 1. The molecule has 0 spiro atoms. The van der Waals surface area contributed by atoms with Crippen LogP contribution in [-0.2, 0) is 6.61 Å². The van der Waals surface area contributed by atoms with Gasteiger partial charge in [-0.15, -0.1) is 0 Å². The maximum absolute atomic E-state index is 11.7. The van der Waals surface area contributed by atoms with Crippen LogP contribution < -0.4 is 4.74 Å². The summed E-state index contributed by atoms with van der Waals surface area (Å²) in [5.74, 6) is -0.371. The first-order valence-electron chi connectivity index (χ1n) is 10.1. The summed E-state index contributed by atoms with van der Waals surface area (Å²) in [7, 11) is 0. The molecule has 0 atom stereocenters. The Bertz CT molecular complexity index is 1340. The van der Waals surface area contributed by atoms with Crippen LogP contribution in [0.4, 0.5) is 0 Å². The van der Waals surface area contributed by atoms with Gasteiger partial charge in [0.2, 0.25) is 0 Å². The van der Waals surface area contributed by atoms with Crippen LogP contribution in [0.5, 0.6) is 5.75 Å². The smallest absolute Gasteiger partial charge is 0.336 e. The zero-order valence-corrected chi connectivity index (χ0v) is 20.2. The first-order chi connectivity index (χ1) is 15.8. The zero-order valence-electron chi connectivity index (χ0n) is 17.9. The van der Waals surface area contributed by atoms with E-state index in [1.807, 2.05) is 35.8 Å². The van der Waals surface area contributed by atoms with E-state index < -0.39 is 5.97 Å². The Morgan fingerprint density at radius 2 is 1.67 bits per heavy atom. The van der Waals surface area contributed by atoms with Gasteiger partial charge in [-0.2, -0.15) is 0 Å². The van der Waals surface area contributed by atoms with Crippen molar-refractivity contribution in [1.82, 2.24) is 4.57 Å². The van der Waals surface area contributed by atoms with Gasteiger partial charge < -0.3 is 14.4 Å². The van der Waals surface area contributed by atoms with Gasteiger partial charge in [0.25, 0.3) is 0 Å². The number of aryl methyl sites for hydroxylation is 2. The van der Waals surface area contributed by atoms with Gasteiger partial charge in [0.05, 0.1) is 11.3 Å². The number of halogens is 3. The monoisotopic (exact) mass is 499 g/mol. The summed E-state index contributed by atoms with van der Waals surface area (Å²) < 4.78 is 8.12. The van der Waals surface area contributed by atoms with Crippen LogP contribution in [0.15, 0.2) is 66.7 Å². The number of benzene rings is 3. The predicted octanol–water partition coefficient (Wildman–Crippen LogP) is 8.00. The van der Waals surface area contributed by atoms with Gasteiger partial charge >= 0.3 is 5.97 Å². The van der Waals surface area contributed by atoms with Crippen molar-refractivity contribution in [3.05, 3.63) is 104 Å². The molecule has 0 bridgehead atoms. The lowest BCUT2D eigenvalue weighted by Gasteiger charge is -2.17. The molecule has 0 radical (unpaired) electrons. The zero-order chi connectivity index (χ0) is 23.7. The molecular formula is C26H20Cl3NO3. The molecule has 0 unspecified atom stereocenters. The number of hydrogen-bond acceptors (Lipinski definition) is 2. The van der Waals surface area contributed by atoms with Gasteiger partial charge in [0.1, 0.15) is 12.4 Å². The SMILES string of the molecule is Cc1ccc(-n2c(C)ccc2-c2cc(Cl)ccc2OCc2c(Cl)cccc2Cl)cc1C(=O)O. The third-order valence-corrected chi connectivity index (χ3v) is 6.38. The van der Waals surface area contributed by atoms with Crippen LogP contribution in [0.1, 0.15) is 27.2 Å². The highest BCUT2D eigenvalue weighted by Gasteiger charge is 2.17. The number of aromatic carboxylic acids is 1. The van der Waals surface area contributed by atoms with E-state index in [1.54, 1.807) is 49.4 Å². The predicted molar refractivity (Wildman–Crippen MR) is 133 cm³/mol. The number of carboxylic acids is 1. The molecule has 1 aromatic heterocycles. The largest absolute Gasteiger partial charge is 0.488 e. The molecule has 0 aliphatic rings. The number of carbonyl (C=O) groups is 1. The third-order valence-electron chi connectivity index (χ3n) is 5.44. The molecular weight excluding hydrogens is 481 g/mol. The second-order valence-corrected chi connectivity index (χ2v) is 8.88. The highest BCUT2D eigenvalue weighted by atomic mass is 35.5. The topological polar surface area (TPSA) is 51.5 Å². The Morgan fingerprint density at radius 3 is 2.36 bits per heavy atom. The number of rotatable bonds is 6. The third kappa shape index (κ3) is 4.74. The molecule has 0 amide bonds. The van der Waals surface area contributed by atoms with E-state index in [0.29, 0.717) is 31.9 Å². The highest BCUT2D eigenvalue weighted by Crippen LogP contribution is 2.37. The van der Waals surface area contributed by atoms with E-state index in [2.05, 4.69) is 0 Å². The maximum Gasteiger partial charge on any atom is 0.336 e. The minimum absolute atomic E-state index is 0.181. The maximum atomic E-state index is 11.7. The second-order valence-electron chi connectivity index (χ2n) is 7.63. The summed E-state index contributed by atoms with van der Waals surface area (Å²) in [5, 5.41) is 11.2. The lowest BCUT2D eigenvalue weighted by Crippen LogP contribution is -2.05. The van der Waals surface area contributed by atoms with E-state index >= 15 is 0 Å². The highest BCUT2D eigenvalue weighted by molar-refractivity contribution is 6.36. The van der Waals surface area contributed by atoms with Crippen molar-refractivity contribution in [3.8, 4) is 22.7 Å². The fraction of sp³-hybridized carbons (Fsp3) is 0.115. The summed E-state index contributed by atoms with van der Waals surface area (Å²) in [6.07, 6.45) is 0. The summed E-state index contributed by atoms with van der Waals surface area (Å²) in [4.78, 5) is 11.7. The average Bonchev–Trinajstić information content (AvgIpc) is 3.15. The number of aromatic nitrogens is 1. The summed E-state index contributed by atoms with van der Waals surface area (Å²) in [6, 6.07) is 20.0. The van der Waals surface area contributed by atoms with Crippen molar-refractivity contribution in [3.63, 3.8) is 0 Å². The lowest BCUT2D eigenvalue weighted by molar-refractivity contribution is 0.0696. The van der Waals surface area contributed by atoms with Crippen LogP contribution in [0.2, 0.25) is 15.1 Å². The van der Waals surface area contributed by atoms with E-state index in [-0.39, 0.29) is 12.2 Å². The average molecular weight is 501 g/mol. The fourth-order valence-electron chi connectivity index (χ4n) is 3.72. The van der Waals surface area contributed by atoms with E-state index in [4.69, 9.17) is 39.5 Å². The van der Waals surface area contributed by atoms with Crippen LogP contribution in [0.25, 0.3) is 16.9 Å². The summed E-state index contributed by atoms with van der Waals surface area (Å²) >= 11 is 18.9. The minimum Gasteiger partial charge on any atom is -0.488 e. The molecule has 168 valence electrons. The first-order valence-corrected chi connectivity index (χ1v) is 11.3. The van der Waals surface area contributed by atoms with Crippen molar-refractivity contribution >= 4 is 40.8 Å². The number of ether oxygens (including phenoxy) is 1. The molecule has 7 heteroatoms. The van der Waals surface area contributed by atoms with Crippen LogP contribution in [-0.4, -0.2) is 15.6 Å². The minimum atomic E-state index is -0.968. The van der Waals surface area contributed by atoms with Crippen molar-refractivity contribution in [2.75, 3.05) is 0 Å². The fourth-order valence-corrected chi connectivity index (χ4v) is 4.40. The Balaban J connectivity index is 1.79. The van der Waals surface area contributed by atoms with Crippen molar-refractivity contribution < 1.29 is 14.6 Å². The molecule has 0 saturated heterocycles. The standard InChI is InChI=1S/C26H20Cl3NO3/c1-15-6-9-18(13-19(15)26(31)32)30-16(2)7-10-24(30)20-12-17(27)8-11-25(20)33-14-21-22(28)4-3-5-23(21)29/h3-13H,14H2,1-2H3,(H,31,32). The molecule has 0 saturated carbocycles. The molecule has 3 aromatic carbocycles. The molecule has 1 heterocycles. The molecule has 0 aliphatic carbocycles. The normalized spacial score (nSPS) is 10.9. The Labute approximate surface area is 206 Å². The van der Waals surface area contributed by atoms with Gasteiger partial charge in [-0.1, -0.05) is 46.9 Å². The first kappa shape index (κ1) is 23.2. The Kier molecular flexibility index (Phi) is 6.71. The second kappa shape index (κ2) is 9.52. The molecule has 1 N–H and O–H groups in total. The van der Waals surface area contributed by atoms with Gasteiger partial charge in [-0.25, -0.2) is 4.79 Å². The number of carboxylic acid groups (broad SMARTS) is 1. The Morgan fingerprint density at radius 1 is 0.939 bits per heavy atom. The van der Waals surface area contributed by atoms with E-state index in [0.717, 1.165) is 22.6 Å². The molecule has 4 aromatic rings. The van der Waals surface area contributed by atoms with Crippen LogP contribution in [0, 0.1) is 13.8 Å². The Hall–Kier alpha value is -2.92. The van der Waals surface area contributed by atoms with Gasteiger partial charge in [0.15, 0.2) is 0 Å². The molecule has 33 heavy (non-hydrogen) atoms. The van der Waals surface area contributed by atoms with Gasteiger partial charge in [-0.3, -0.25) is 0 Å². The van der Waals surface area contributed by atoms with Crippen molar-refractivity contribution in [1.29, 1.82) is 0 Å². The molecule has 0 fully saturated rings. The van der Waals surface area contributed by atoms with Crippen LogP contribution >= 0.6 is 34.8 Å². The van der Waals surface area contributed by atoms with Crippen molar-refractivity contribution in [2.45, 2.75) is 20.5 Å². The quantitative estimate of drug-likeness (QED) is 0.292. The number of hydrogen-bond donors (Lipinski definition) is 1. The molecule has 0 aliphatic heterocycles. The van der Waals surface area contributed by atoms with Crippen molar-refractivity contribution in [2.24, 2.45) is 0 Å².